The molecule has 0 heterocycles. The standard InChI is InChI=1S/C8H16Br2/c1-8(2,3)5-4-7(10)6-9/h7H,4-6H2,1-3H3/t7-/m0/s1. The van der Waals surface area contributed by atoms with Gasteiger partial charge < -0.3 is 0 Å². The molecule has 0 aromatic heterocycles. The number of alkyl halides is 2. The number of hydrogen-bond acceptors (Lipinski definition) is 0. The molecule has 1 atom stereocenters. The molecule has 0 aliphatic carbocycles. The SMILES string of the molecule is CC(C)(C)CC[C@H](Br)CBr. The van der Waals surface area contributed by atoms with E-state index in [1.165, 1.54) is 12.8 Å². The lowest BCUT2D eigenvalue weighted by Gasteiger charge is -2.18. The van der Waals surface area contributed by atoms with Gasteiger partial charge in [-0.3, -0.25) is 0 Å². The highest BCUT2D eigenvalue weighted by Crippen LogP contribution is 2.24. The minimum absolute atomic E-state index is 0.480. The highest BCUT2D eigenvalue weighted by Gasteiger charge is 2.12. The predicted molar refractivity (Wildman–Crippen MR) is 55.2 cm³/mol. The molecule has 0 fully saturated rings. The van der Waals surface area contributed by atoms with E-state index >= 15 is 0 Å². The van der Waals surface area contributed by atoms with Crippen LogP contribution in [-0.2, 0) is 0 Å². The van der Waals surface area contributed by atoms with Gasteiger partial charge in [0.25, 0.3) is 0 Å². The average molecular weight is 272 g/mol. The van der Waals surface area contributed by atoms with E-state index in [-0.39, 0.29) is 0 Å². The summed E-state index contributed by atoms with van der Waals surface area (Å²) in [5.74, 6) is 0. The first kappa shape index (κ1) is 11.0. The molecule has 0 aromatic rings. The molecular weight excluding hydrogens is 256 g/mol. The number of rotatable bonds is 3. The second-order valence-electron chi connectivity index (χ2n) is 3.85. The van der Waals surface area contributed by atoms with Gasteiger partial charge >= 0.3 is 0 Å². The zero-order chi connectivity index (χ0) is 8.20. The van der Waals surface area contributed by atoms with Crippen LogP contribution in [0.4, 0.5) is 0 Å². The largest absolute Gasteiger partial charge is 0.0916 e. The van der Waals surface area contributed by atoms with Crippen molar-refractivity contribution in [1.82, 2.24) is 0 Å². The summed E-state index contributed by atoms with van der Waals surface area (Å²) in [4.78, 5) is 0.645. The summed E-state index contributed by atoms with van der Waals surface area (Å²) in [7, 11) is 0. The van der Waals surface area contributed by atoms with Crippen molar-refractivity contribution in [3.8, 4) is 0 Å². The Morgan fingerprint density at radius 1 is 1.30 bits per heavy atom. The van der Waals surface area contributed by atoms with E-state index in [1.54, 1.807) is 0 Å². The average Bonchev–Trinajstić information content (AvgIpc) is 1.81. The maximum atomic E-state index is 3.58. The van der Waals surface area contributed by atoms with Gasteiger partial charge in [0.1, 0.15) is 0 Å². The van der Waals surface area contributed by atoms with Crippen LogP contribution in [0, 0.1) is 5.41 Å². The lowest BCUT2D eigenvalue weighted by molar-refractivity contribution is 0.367. The zero-order valence-electron chi connectivity index (χ0n) is 6.95. The normalized spacial score (nSPS) is 15.3. The fourth-order valence-electron chi connectivity index (χ4n) is 0.667. The smallest absolute Gasteiger partial charge is 0.0243 e. The van der Waals surface area contributed by atoms with Gasteiger partial charge in [-0.25, -0.2) is 0 Å². The van der Waals surface area contributed by atoms with Crippen LogP contribution in [-0.4, -0.2) is 10.2 Å². The Balaban J connectivity index is 3.36. The van der Waals surface area contributed by atoms with Crippen LogP contribution >= 0.6 is 31.9 Å². The second-order valence-corrected chi connectivity index (χ2v) is 5.79. The summed E-state index contributed by atoms with van der Waals surface area (Å²) in [5.41, 5.74) is 0.480. The third-order valence-electron chi connectivity index (χ3n) is 1.38. The highest BCUT2D eigenvalue weighted by molar-refractivity contribution is 9.12. The molecule has 62 valence electrons. The minimum Gasteiger partial charge on any atom is -0.0916 e. The fraction of sp³-hybridized carbons (Fsp3) is 1.00. The van der Waals surface area contributed by atoms with Crippen LogP contribution in [0.25, 0.3) is 0 Å². The Morgan fingerprint density at radius 2 is 1.80 bits per heavy atom. The molecule has 0 aliphatic rings. The predicted octanol–water partition coefficient (Wildman–Crippen LogP) is 3.97. The monoisotopic (exact) mass is 270 g/mol. The van der Waals surface area contributed by atoms with E-state index in [4.69, 9.17) is 0 Å². The molecule has 0 aromatic carbocycles. The molecule has 10 heavy (non-hydrogen) atoms. The third kappa shape index (κ3) is 7.07. The molecule has 0 saturated carbocycles. The maximum Gasteiger partial charge on any atom is 0.0243 e. The Hall–Kier alpha value is 0.960. The highest BCUT2D eigenvalue weighted by atomic mass is 79.9. The first-order valence-electron chi connectivity index (χ1n) is 3.66. The van der Waals surface area contributed by atoms with E-state index < -0.39 is 0 Å². The first-order chi connectivity index (χ1) is 4.45. The minimum atomic E-state index is 0.480. The second kappa shape index (κ2) is 4.76. The van der Waals surface area contributed by atoms with Crippen LogP contribution < -0.4 is 0 Å². The van der Waals surface area contributed by atoms with Crippen molar-refractivity contribution in [2.45, 2.75) is 38.4 Å². The quantitative estimate of drug-likeness (QED) is 0.682. The lowest BCUT2D eigenvalue weighted by Crippen LogP contribution is -2.09. The van der Waals surface area contributed by atoms with Crippen molar-refractivity contribution < 1.29 is 0 Å². The Bertz CT molecular complexity index is 83.7. The number of halogens is 2. The summed E-state index contributed by atoms with van der Waals surface area (Å²) in [6.07, 6.45) is 2.54. The van der Waals surface area contributed by atoms with E-state index in [9.17, 15) is 0 Å². The van der Waals surface area contributed by atoms with E-state index in [1.807, 2.05) is 0 Å². The number of hydrogen-bond donors (Lipinski definition) is 0. The summed E-state index contributed by atoms with van der Waals surface area (Å²) in [6, 6.07) is 0. The maximum absolute atomic E-state index is 3.58. The Morgan fingerprint density at radius 3 is 2.10 bits per heavy atom. The van der Waals surface area contributed by atoms with Crippen LogP contribution in [0.3, 0.4) is 0 Å². The third-order valence-corrected chi connectivity index (χ3v) is 3.81. The van der Waals surface area contributed by atoms with Crippen LogP contribution in [0.1, 0.15) is 33.6 Å². The van der Waals surface area contributed by atoms with Gasteiger partial charge in [0.2, 0.25) is 0 Å². The van der Waals surface area contributed by atoms with E-state index in [0.29, 0.717) is 10.2 Å². The lowest BCUT2D eigenvalue weighted by atomic mass is 9.90. The molecule has 0 spiro atoms. The van der Waals surface area contributed by atoms with Gasteiger partial charge in [-0.1, -0.05) is 52.6 Å². The first-order valence-corrected chi connectivity index (χ1v) is 5.69. The molecule has 0 nitrogen and oxygen atoms in total. The molecule has 0 saturated heterocycles. The molecule has 2 heteroatoms. The van der Waals surface area contributed by atoms with Crippen molar-refractivity contribution in [3.05, 3.63) is 0 Å². The van der Waals surface area contributed by atoms with E-state index in [0.717, 1.165) is 5.33 Å². The van der Waals surface area contributed by atoms with Crippen molar-refractivity contribution in [3.63, 3.8) is 0 Å². The van der Waals surface area contributed by atoms with Crippen molar-refractivity contribution >= 4 is 31.9 Å². The van der Waals surface area contributed by atoms with Crippen molar-refractivity contribution in [1.29, 1.82) is 0 Å². The van der Waals surface area contributed by atoms with Gasteiger partial charge in [-0.15, -0.1) is 0 Å². The van der Waals surface area contributed by atoms with Gasteiger partial charge in [-0.05, 0) is 18.3 Å². The van der Waals surface area contributed by atoms with Crippen LogP contribution in [0.15, 0.2) is 0 Å². The Labute approximate surface area is 81.0 Å². The zero-order valence-corrected chi connectivity index (χ0v) is 10.1. The van der Waals surface area contributed by atoms with E-state index in [2.05, 4.69) is 52.6 Å². The van der Waals surface area contributed by atoms with Crippen LogP contribution in [0.5, 0.6) is 0 Å². The molecule has 0 radical (unpaired) electrons. The summed E-state index contributed by atoms with van der Waals surface area (Å²) in [6.45, 7) is 6.84. The van der Waals surface area contributed by atoms with Crippen LogP contribution in [0.2, 0.25) is 0 Å². The van der Waals surface area contributed by atoms with Gasteiger partial charge in [0, 0.05) is 10.2 Å². The summed E-state index contributed by atoms with van der Waals surface area (Å²) in [5, 5.41) is 1.06. The topological polar surface area (TPSA) is 0 Å². The van der Waals surface area contributed by atoms with Crippen molar-refractivity contribution in [2.24, 2.45) is 5.41 Å². The Kier molecular flexibility index (Phi) is 5.22. The molecular formula is C8H16Br2. The van der Waals surface area contributed by atoms with Gasteiger partial charge in [-0.2, -0.15) is 0 Å². The molecule has 0 N–H and O–H groups in total. The van der Waals surface area contributed by atoms with Gasteiger partial charge in [0.15, 0.2) is 0 Å². The molecule has 0 aliphatic heterocycles. The molecule has 0 rings (SSSR count). The van der Waals surface area contributed by atoms with Gasteiger partial charge in [0.05, 0.1) is 0 Å². The summed E-state index contributed by atoms with van der Waals surface area (Å²) >= 11 is 7.02. The van der Waals surface area contributed by atoms with Crippen molar-refractivity contribution in [2.75, 3.05) is 5.33 Å². The molecule has 0 amide bonds. The molecule has 0 unspecified atom stereocenters. The summed E-state index contributed by atoms with van der Waals surface area (Å²) < 4.78 is 0. The fourth-order valence-corrected chi connectivity index (χ4v) is 1.22. The molecule has 0 bridgehead atoms.